The Morgan fingerprint density at radius 1 is 1.09 bits per heavy atom. The Balaban J connectivity index is 1.30. The number of nitrogens with one attached hydrogen (secondary N) is 3. The topological polar surface area (TPSA) is 97.6 Å². The second-order valence-corrected chi connectivity index (χ2v) is 8.07. The highest BCUT2D eigenvalue weighted by molar-refractivity contribution is 5.80. The zero-order chi connectivity index (χ0) is 22.1. The summed E-state index contributed by atoms with van der Waals surface area (Å²) in [6, 6.07) is 15.6. The third-order valence-electron chi connectivity index (χ3n) is 6.01. The molecule has 5 N–H and O–H groups in total. The molecule has 3 heterocycles. The summed E-state index contributed by atoms with van der Waals surface area (Å²) in [5.41, 5.74) is 9.96. The fourth-order valence-corrected chi connectivity index (χ4v) is 4.07. The largest absolute Gasteiger partial charge is 0.369 e. The number of H-pyrrole nitrogens is 1. The first kappa shape index (κ1) is 20.5. The van der Waals surface area contributed by atoms with Crippen LogP contribution in [0.3, 0.4) is 0 Å². The van der Waals surface area contributed by atoms with E-state index in [9.17, 15) is 4.39 Å². The van der Waals surface area contributed by atoms with E-state index in [1.807, 2.05) is 48.5 Å². The van der Waals surface area contributed by atoms with Gasteiger partial charge in [0.1, 0.15) is 5.82 Å². The van der Waals surface area contributed by atoms with Gasteiger partial charge < -0.3 is 25.4 Å². The Morgan fingerprint density at radius 2 is 1.84 bits per heavy atom. The summed E-state index contributed by atoms with van der Waals surface area (Å²) in [4.78, 5) is 16.6. The zero-order valence-corrected chi connectivity index (χ0v) is 18.0. The Hall–Kier alpha value is -3.43. The zero-order valence-electron chi connectivity index (χ0n) is 18.0. The smallest absolute Gasteiger partial charge is 0.243 e. The first-order chi connectivity index (χ1) is 15.5. The fourth-order valence-electron chi connectivity index (χ4n) is 4.07. The number of aromatic nitrogens is 2. The van der Waals surface area contributed by atoms with Gasteiger partial charge in [-0.25, -0.2) is 14.4 Å². The number of imidazole rings is 1. The number of aromatic amines is 1. The van der Waals surface area contributed by atoms with Crippen LogP contribution < -0.4 is 21.3 Å². The monoisotopic (exact) mass is 434 g/mol. The summed E-state index contributed by atoms with van der Waals surface area (Å²) in [5.74, 6) is -1.38. The van der Waals surface area contributed by atoms with Crippen LogP contribution in [0, 0.1) is 0 Å². The van der Waals surface area contributed by atoms with Gasteiger partial charge in [-0.1, -0.05) is 19.1 Å². The summed E-state index contributed by atoms with van der Waals surface area (Å²) in [6.07, 6.45) is 1.12. The lowest BCUT2D eigenvalue weighted by Gasteiger charge is -2.35. The molecule has 1 aromatic heterocycles. The highest BCUT2D eigenvalue weighted by Gasteiger charge is 2.34. The van der Waals surface area contributed by atoms with E-state index in [0.29, 0.717) is 5.82 Å². The maximum Gasteiger partial charge on any atom is 0.243 e. The number of anilines is 2. The SMILES string of the molecule is CCN1CCN(c2ccc(NC3=C(F)C=NC(N)(c4nc5ccccc5[nH]4)N3)cc2)CC1. The molecular formula is C23H27FN8. The first-order valence-corrected chi connectivity index (χ1v) is 10.9. The Bertz CT molecular complexity index is 1130. The second-order valence-electron chi connectivity index (χ2n) is 8.07. The average molecular weight is 435 g/mol. The number of nitrogens with two attached hydrogens (primary N) is 1. The van der Waals surface area contributed by atoms with E-state index in [4.69, 9.17) is 5.73 Å². The fraction of sp³-hybridized carbons (Fsp3) is 0.304. The number of nitrogens with zero attached hydrogens (tertiary/aromatic N) is 4. The van der Waals surface area contributed by atoms with E-state index in [2.05, 4.69) is 42.3 Å². The van der Waals surface area contributed by atoms with Gasteiger partial charge in [-0.2, -0.15) is 0 Å². The van der Waals surface area contributed by atoms with Crippen LogP contribution in [0.1, 0.15) is 12.7 Å². The molecule has 0 amide bonds. The van der Waals surface area contributed by atoms with Gasteiger partial charge in [0.2, 0.25) is 5.79 Å². The average Bonchev–Trinajstić information content (AvgIpc) is 3.28. The number of halogens is 1. The number of benzene rings is 2. The Morgan fingerprint density at radius 3 is 2.56 bits per heavy atom. The van der Waals surface area contributed by atoms with Crippen LogP contribution in [0.4, 0.5) is 15.8 Å². The van der Waals surface area contributed by atoms with Crippen LogP contribution in [-0.2, 0) is 5.79 Å². The van der Waals surface area contributed by atoms with Gasteiger partial charge in [0.05, 0.1) is 17.2 Å². The van der Waals surface area contributed by atoms with Crippen molar-refractivity contribution < 1.29 is 4.39 Å². The van der Waals surface area contributed by atoms with Crippen molar-refractivity contribution in [3.63, 3.8) is 0 Å². The van der Waals surface area contributed by atoms with Crippen LogP contribution in [0.25, 0.3) is 11.0 Å². The van der Waals surface area contributed by atoms with Crippen molar-refractivity contribution >= 4 is 28.6 Å². The van der Waals surface area contributed by atoms with E-state index in [0.717, 1.165) is 61.3 Å². The van der Waals surface area contributed by atoms with Gasteiger partial charge in [0.15, 0.2) is 11.7 Å². The summed E-state index contributed by atoms with van der Waals surface area (Å²) in [5, 5.41) is 6.05. The highest BCUT2D eigenvalue weighted by Crippen LogP contribution is 2.26. The quantitative estimate of drug-likeness (QED) is 0.493. The molecular weight excluding hydrogens is 407 g/mol. The summed E-state index contributed by atoms with van der Waals surface area (Å²) < 4.78 is 14.5. The number of aliphatic imine (C=N–C) groups is 1. The van der Waals surface area contributed by atoms with E-state index in [1.165, 1.54) is 0 Å². The number of rotatable bonds is 5. The third kappa shape index (κ3) is 3.92. The molecule has 0 aliphatic carbocycles. The Kier molecular flexibility index (Phi) is 5.28. The summed E-state index contributed by atoms with van der Waals surface area (Å²) >= 11 is 0. The van der Waals surface area contributed by atoms with Crippen LogP contribution in [-0.4, -0.2) is 53.8 Å². The molecule has 0 saturated carbocycles. The third-order valence-corrected chi connectivity index (χ3v) is 6.01. The van der Waals surface area contributed by atoms with E-state index in [1.54, 1.807) is 0 Å². The number of likely N-dealkylation sites (N-methyl/N-ethyl adjacent to an activating group) is 1. The van der Waals surface area contributed by atoms with Gasteiger partial charge in [0, 0.05) is 37.6 Å². The highest BCUT2D eigenvalue weighted by atomic mass is 19.1. The van der Waals surface area contributed by atoms with Crippen molar-refractivity contribution in [3.05, 3.63) is 66.0 Å². The molecule has 1 unspecified atom stereocenters. The van der Waals surface area contributed by atoms with E-state index >= 15 is 0 Å². The molecule has 1 atom stereocenters. The predicted octanol–water partition coefficient (Wildman–Crippen LogP) is 2.70. The molecule has 9 heteroatoms. The molecule has 8 nitrogen and oxygen atoms in total. The van der Waals surface area contributed by atoms with Crippen molar-refractivity contribution in [1.29, 1.82) is 0 Å². The molecule has 1 saturated heterocycles. The van der Waals surface area contributed by atoms with E-state index in [-0.39, 0.29) is 5.82 Å². The number of hydrogen-bond donors (Lipinski definition) is 4. The van der Waals surface area contributed by atoms with Crippen LogP contribution in [0.15, 0.2) is 65.2 Å². The standard InChI is InChI=1S/C23H27FN8/c1-2-31-11-13-32(14-12-31)17-9-7-16(8-10-17)27-21-18(24)15-26-23(25,30-21)22-28-19-5-3-4-6-20(19)29-22/h3-10,15,27,30H,2,11-14,25H2,1H3,(H,28,29). The summed E-state index contributed by atoms with van der Waals surface area (Å²) in [6.45, 7) is 7.43. The number of allylic oxidation sites excluding steroid dienone is 1. The molecule has 0 radical (unpaired) electrons. The maximum absolute atomic E-state index is 14.5. The van der Waals surface area contributed by atoms with Crippen molar-refractivity contribution in [2.24, 2.45) is 10.7 Å². The van der Waals surface area contributed by atoms with Crippen molar-refractivity contribution in [2.45, 2.75) is 12.7 Å². The lowest BCUT2D eigenvalue weighted by molar-refractivity contribution is 0.271. The van der Waals surface area contributed by atoms with Crippen LogP contribution in [0.5, 0.6) is 0 Å². The normalized spacial score (nSPS) is 21.8. The molecule has 0 spiro atoms. The van der Waals surface area contributed by atoms with Gasteiger partial charge in [-0.15, -0.1) is 0 Å². The van der Waals surface area contributed by atoms with Crippen molar-refractivity contribution in [2.75, 3.05) is 42.9 Å². The Labute approximate surface area is 186 Å². The van der Waals surface area contributed by atoms with Gasteiger partial charge in [0.25, 0.3) is 0 Å². The molecule has 2 aliphatic heterocycles. The lowest BCUT2D eigenvalue weighted by atomic mass is 10.2. The number of piperazine rings is 1. The molecule has 1 fully saturated rings. The lowest BCUT2D eigenvalue weighted by Crippen LogP contribution is -2.52. The minimum atomic E-state index is -1.41. The van der Waals surface area contributed by atoms with E-state index < -0.39 is 11.6 Å². The number of hydrogen-bond acceptors (Lipinski definition) is 7. The van der Waals surface area contributed by atoms with Crippen molar-refractivity contribution in [1.82, 2.24) is 20.2 Å². The van der Waals surface area contributed by atoms with Gasteiger partial charge in [-0.3, -0.25) is 5.73 Å². The molecule has 166 valence electrons. The predicted molar refractivity (Wildman–Crippen MR) is 126 cm³/mol. The number of para-hydroxylation sites is 2. The van der Waals surface area contributed by atoms with Crippen molar-refractivity contribution in [3.8, 4) is 0 Å². The number of fused-ring (bicyclic) bond motifs is 1. The molecule has 2 aromatic carbocycles. The molecule has 5 rings (SSSR count). The molecule has 2 aliphatic rings. The van der Waals surface area contributed by atoms with Gasteiger partial charge >= 0.3 is 0 Å². The molecule has 3 aromatic rings. The van der Waals surface area contributed by atoms with Crippen LogP contribution in [0.2, 0.25) is 0 Å². The molecule has 32 heavy (non-hydrogen) atoms. The van der Waals surface area contributed by atoms with Gasteiger partial charge in [-0.05, 0) is 42.9 Å². The minimum Gasteiger partial charge on any atom is -0.369 e. The molecule has 0 bridgehead atoms. The second kappa shape index (κ2) is 8.25. The minimum absolute atomic E-state index is 0.146. The van der Waals surface area contributed by atoms with Crippen LogP contribution >= 0.6 is 0 Å². The first-order valence-electron chi connectivity index (χ1n) is 10.9. The summed E-state index contributed by atoms with van der Waals surface area (Å²) in [7, 11) is 0. The maximum atomic E-state index is 14.5.